The molecule has 0 bridgehead atoms. The summed E-state index contributed by atoms with van der Waals surface area (Å²) in [5, 5.41) is 8.61. The number of likely N-dealkylation sites (N-methyl/N-ethyl adjacent to an activating group) is 2. The second-order valence-electron chi connectivity index (χ2n) is 3.88. The molecular formula is C11H22N2O3. The van der Waals surface area contributed by atoms with Crippen molar-refractivity contribution in [1.29, 1.82) is 0 Å². The molecule has 16 heavy (non-hydrogen) atoms. The van der Waals surface area contributed by atoms with Gasteiger partial charge >= 0.3 is 0 Å². The Morgan fingerprint density at radius 1 is 1.12 bits per heavy atom. The van der Waals surface area contributed by atoms with Gasteiger partial charge in [0.25, 0.3) is 0 Å². The minimum Gasteiger partial charge on any atom is -0.396 e. The highest BCUT2D eigenvalue weighted by Gasteiger charge is 2.15. The van der Waals surface area contributed by atoms with Crippen LogP contribution in [-0.2, 0) is 9.59 Å². The molecule has 0 rings (SSSR count). The molecule has 2 amide bonds. The second-order valence-corrected chi connectivity index (χ2v) is 3.88. The molecule has 0 aromatic heterocycles. The van der Waals surface area contributed by atoms with Gasteiger partial charge in [-0.2, -0.15) is 0 Å². The molecule has 0 aromatic carbocycles. The van der Waals surface area contributed by atoms with Crippen molar-refractivity contribution in [1.82, 2.24) is 9.80 Å². The average Bonchev–Trinajstić information content (AvgIpc) is 2.25. The number of rotatable bonds is 7. The molecule has 0 unspecified atom stereocenters. The van der Waals surface area contributed by atoms with E-state index in [1.165, 1.54) is 4.90 Å². The normalized spacial score (nSPS) is 10.0. The zero-order valence-electron chi connectivity index (χ0n) is 10.4. The summed E-state index contributed by atoms with van der Waals surface area (Å²) in [6.07, 6.45) is 1.70. The monoisotopic (exact) mass is 230 g/mol. The number of aliphatic hydroxyl groups excluding tert-OH is 1. The molecule has 0 aliphatic heterocycles. The summed E-state index contributed by atoms with van der Waals surface area (Å²) in [7, 11) is 3.35. The highest BCUT2D eigenvalue weighted by atomic mass is 16.3. The maximum Gasteiger partial charge on any atom is 0.241 e. The van der Waals surface area contributed by atoms with Gasteiger partial charge in [-0.1, -0.05) is 0 Å². The number of hydrogen-bond donors (Lipinski definition) is 1. The SMILES string of the molecule is CCN(CC(=O)N(C)C)C(=O)CCCCO. The average molecular weight is 230 g/mol. The zero-order chi connectivity index (χ0) is 12.6. The molecule has 0 radical (unpaired) electrons. The molecule has 94 valence electrons. The number of aliphatic hydroxyl groups is 1. The second kappa shape index (κ2) is 8.10. The Balaban J connectivity index is 4.06. The fraction of sp³-hybridized carbons (Fsp3) is 0.818. The molecule has 0 fully saturated rings. The maximum absolute atomic E-state index is 11.7. The van der Waals surface area contributed by atoms with Crippen molar-refractivity contribution in [3.8, 4) is 0 Å². The van der Waals surface area contributed by atoms with E-state index in [1.807, 2.05) is 6.92 Å². The molecule has 0 saturated carbocycles. The largest absolute Gasteiger partial charge is 0.396 e. The Labute approximate surface area is 97.0 Å². The van der Waals surface area contributed by atoms with Crippen LogP contribution in [0.4, 0.5) is 0 Å². The van der Waals surface area contributed by atoms with Crippen LogP contribution in [-0.4, -0.2) is 60.5 Å². The van der Waals surface area contributed by atoms with E-state index in [2.05, 4.69) is 0 Å². The predicted octanol–water partition coefficient (Wildman–Crippen LogP) is 0.0857. The summed E-state index contributed by atoms with van der Waals surface area (Å²) in [4.78, 5) is 26.1. The van der Waals surface area contributed by atoms with Gasteiger partial charge in [0.15, 0.2) is 0 Å². The molecule has 0 aromatic rings. The summed E-state index contributed by atoms with van der Waals surface area (Å²) in [6, 6.07) is 0. The molecule has 0 saturated heterocycles. The van der Waals surface area contributed by atoms with Crippen LogP contribution in [0.1, 0.15) is 26.2 Å². The lowest BCUT2D eigenvalue weighted by Gasteiger charge is -2.22. The Hall–Kier alpha value is -1.10. The fourth-order valence-corrected chi connectivity index (χ4v) is 1.23. The summed E-state index contributed by atoms with van der Waals surface area (Å²) in [5.41, 5.74) is 0. The van der Waals surface area contributed by atoms with Gasteiger partial charge in [0.1, 0.15) is 0 Å². The number of nitrogens with zero attached hydrogens (tertiary/aromatic N) is 2. The topological polar surface area (TPSA) is 60.9 Å². The quantitative estimate of drug-likeness (QED) is 0.630. The van der Waals surface area contributed by atoms with Gasteiger partial charge in [-0.3, -0.25) is 9.59 Å². The van der Waals surface area contributed by atoms with Gasteiger partial charge < -0.3 is 14.9 Å². The fourth-order valence-electron chi connectivity index (χ4n) is 1.23. The first-order chi connectivity index (χ1) is 7.52. The van der Waals surface area contributed by atoms with Crippen LogP contribution in [0.25, 0.3) is 0 Å². The van der Waals surface area contributed by atoms with Gasteiger partial charge in [0, 0.05) is 33.7 Å². The summed E-state index contributed by atoms with van der Waals surface area (Å²) in [5.74, 6) is -0.0940. The van der Waals surface area contributed by atoms with Gasteiger partial charge in [0.2, 0.25) is 11.8 Å². The minimum absolute atomic E-state index is 0.0221. The third-order valence-corrected chi connectivity index (χ3v) is 2.36. The number of carbonyl (C=O) groups is 2. The first-order valence-electron chi connectivity index (χ1n) is 5.61. The van der Waals surface area contributed by atoms with Crippen LogP contribution in [0.5, 0.6) is 0 Å². The van der Waals surface area contributed by atoms with Crippen molar-refractivity contribution in [2.24, 2.45) is 0 Å². The molecule has 5 heteroatoms. The van der Waals surface area contributed by atoms with Gasteiger partial charge in [-0.05, 0) is 19.8 Å². The van der Waals surface area contributed by atoms with Crippen LogP contribution < -0.4 is 0 Å². The summed E-state index contributed by atoms with van der Waals surface area (Å²) >= 11 is 0. The summed E-state index contributed by atoms with van der Waals surface area (Å²) < 4.78 is 0. The van der Waals surface area contributed by atoms with E-state index >= 15 is 0 Å². The van der Waals surface area contributed by atoms with Crippen molar-refractivity contribution in [2.45, 2.75) is 26.2 Å². The highest BCUT2D eigenvalue weighted by Crippen LogP contribution is 2.01. The van der Waals surface area contributed by atoms with Crippen LogP contribution in [0.15, 0.2) is 0 Å². The van der Waals surface area contributed by atoms with Crippen molar-refractivity contribution < 1.29 is 14.7 Å². The first-order valence-corrected chi connectivity index (χ1v) is 5.61. The Kier molecular flexibility index (Phi) is 7.54. The molecular weight excluding hydrogens is 208 g/mol. The Morgan fingerprint density at radius 3 is 2.19 bits per heavy atom. The molecule has 5 nitrogen and oxygen atoms in total. The van der Waals surface area contributed by atoms with Crippen molar-refractivity contribution in [3.63, 3.8) is 0 Å². The third kappa shape index (κ3) is 5.70. The molecule has 0 spiro atoms. The minimum atomic E-state index is -0.0719. The zero-order valence-corrected chi connectivity index (χ0v) is 10.4. The third-order valence-electron chi connectivity index (χ3n) is 2.36. The molecule has 0 heterocycles. The number of carbonyl (C=O) groups excluding carboxylic acids is 2. The Morgan fingerprint density at radius 2 is 1.75 bits per heavy atom. The van der Waals surface area contributed by atoms with Crippen LogP contribution >= 0.6 is 0 Å². The standard InChI is InChI=1S/C11H22N2O3/c1-4-13(9-11(16)12(2)3)10(15)7-5-6-8-14/h14H,4-9H2,1-3H3. The van der Waals surface area contributed by atoms with E-state index in [-0.39, 0.29) is 25.0 Å². The van der Waals surface area contributed by atoms with Crippen molar-refractivity contribution in [2.75, 3.05) is 33.8 Å². The van der Waals surface area contributed by atoms with Crippen molar-refractivity contribution >= 4 is 11.8 Å². The molecule has 0 aliphatic carbocycles. The number of unbranched alkanes of at least 4 members (excludes halogenated alkanes) is 1. The molecule has 0 aliphatic rings. The van der Waals surface area contributed by atoms with E-state index in [0.29, 0.717) is 25.8 Å². The molecule has 1 N–H and O–H groups in total. The van der Waals surface area contributed by atoms with E-state index in [4.69, 9.17) is 5.11 Å². The highest BCUT2D eigenvalue weighted by molar-refractivity contribution is 5.84. The van der Waals surface area contributed by atoms with Crippen LogP contribution in [0, 0.1) is 0 Å². The maximum atomic E-state index is 11.7. The van der Waals surface area contributed by atoms with Gasteiger partial charge in [-0.25, -0.2) is 0 Å². The molecule has 0 atom stereocenters. The predicted molar refractivity (Wildman–Crippen MR) is 61.9 cm³/mol. The van der Waals surface area contributed by atoms with Crippen molar-refractivity contribution in [3.05, 3.63) is 0 Å². The smallest absolute Gasteiger partial charge is 0.241 e. The lowest BCUT2D eigenvalue weighted by molar-refractivity contribution is -0.139. The Bertz CT molecular complexity index is 229. The van der Waals surface area contributed by atoms with Crippen LogP contribution in [0.2, 0.25) is 0 Å². The van der Waals surface area contributed by atoms with Gasteiger partial charge in [0.05, 0.1) is 6.54 Å². The first kappa shape index (κ1) is 14.9. The van der Waals surface area contributed by atoms with E-state index in [1.54, 1.807) is 19.0 Å². The lowest BCUT2D eigenvalue weighted by Crippen LogP contribution is -2.40. The number of hydrogen-bond acceptors (Lipinski definition) is 3. The van der Waals surface area contributed by atoms with E-state index in [9.17, 15) is 9.59 Å². The van der Waals surface area contributed by atoms with Crippen LogP contribution in [0.3, 0.4) is 0 Å². The van der Waals surface area contributed by atoms with Gasteiger partial charge in [-0.15, -0.1) is 0 Å². The lowest BCUT2D eigenvalue weighted by atomic mass is 10.2. The van der Waals surface area contributed by atoms with E-state index in [0.717, 1.165) is 0 Å². The summed E-state index contributed by atoms with van der Waals surface area (Å²) in [6.45, 7) is 2.64. The number of amides is 2. The van der Waals surface area contributed by atoms with E-state index < -0.39 is 0 Å².